The second kappa shape index (κ2) is 5.29. The van der Waals surface area contributed by atoms with Crippen LogP contribution in [0.4, 0.5) is 0 Å². The second-order valence-electron chi connectivity index (χ2n) is 8.49. The molecule has 134 valence electrons. The van der Waals surface area contributed by atoms with Gasteiger partial charge in [0.25, 0.3) is 5.65 Å². The molecule has 27 heavy (non-hydrogen) atoms. The molecule has 0 spiro atoms. The normalized spacial score (nSPS) is 12.6. The standard InChI is InChI=1S/C24H24N3/c1-15-17(24(2,3)4)14-25-22-16-10-6-7-11-18(16)27-20-13-9-8-12-19(20)26(5)23(27)21(15)22/h6-14H,1-5H3/q+1. The van der Waals surface area contributed by atoms with Gasteiger partial charge in [0, 0.05) is 11.6 Å². The molecule has 0 saturated carbocycles. The van der Waals surface area contributed by atoms with E-state index in [0.29, 0.717) is 0 Å². The molecule has 2 aromatic carbocycles. The summed E-state index contributed by atoms with van der Waals surface area (Å²) in [5, 5.41) is 2.45. The second-order valence-corrected chi connectivity index (χ2v) is 8.49. The fraction of sp³-hybridized carbons (Fsp3) is 0.250. The van der Waals surface area contributed by atoms with Crippen LogP contribution in [0.3, 0.4) is 0 Å². The average molecular weight is 354 g/mol. The van der Waals surface area contributed by atoms with Crippen molar-refractivity contribution in [3.8, 4) is 0 Å². The lowest BCUT2D eigenvalue weighted by Gasteiger charge is -2.22. The van der Waals surface area contributed by atoms with Crippen molar-refractivity contribution in [1.29, 1.82) is 0 Å². The molecule has 0 aliphatic rings. The van der Waals surface area contributed by atoms with Crippen LogP contribution in [0.2, 0.25) is 0 Å². The lowest BCUT2D eigenvalue weighted by atomic mass is 9.84. The molecular weight excluding hydrogens is 330 g/mol. The zero-order chi connectivity index (χ0) is 18.9. The van der Waals surface area contributed by atoms with Crippen LogP contribution in [0.25, 0.3) is 38.5 Å². The monoisotopic (exact) mass is 354 g/mol. The van der Waals surface area contributed by atoms with Crippen LogP contribution in [0.15, 0.2) is 54.7 Å². The Morgan fingerprint density at radius 1 is 0.926 bits per heavy atom. The first kappa shape index (κ1) is 16.2. The number of nitrogens with zero attached hydrogens (tertiary/aromatic N) is 3. The molecule has 3 heteroatoms. The van der Waals surface area contributed by atoms with Crippen molar-refractivity contribution < 1.29 is 4.57 Å². The third-order valence-electron chi connectivity index (χ3n) is 5.78. The van der Waals surface area contributed by atoms with Crippen LogP contribution >= 0.6 is 0 Å². The highest BCUT2D eigenvalue weighted by Crippen LogP contribution is 2.35. The number of rotatable bonds is 0. The minimum Gasteiger partial charge on any atom is -0.255 e. The number of aromatic nitrogens is 3. The summed E-state index contributed by atoms with van der Waals surface area (Å²) >= 11 is 0. The average Bonchev–Trinajstić information content (AvgIpc) is 2.94. The highest BCUT2D eigenvalue weighted by Gasteiger charge is 2.27. The van der Waals surface area contributed by atoms with Gasteiger partial charge in [-0.3, -0.25) is 4.98 Å². The van der Waals surface area contributed by atoms with Crippen LogP contribution in [0.5, 0.6) is 0 Å². The highest BCUT2D eigenvalue weighted by molar-refractivity contribution is 6.12. The molecule has 0 atom stereocenters. The molecule has 5 aromatic rings. The molecule has 0 unspecified atom stereocenters. The highest BCUT2D eigenvalue weighted by atomic mass is 15.1. The summed E-state index contributed by atoms with van der Waals surface area (Å²) in [5.74, 6) is 0. The summed E-state index contributed by atoms with van der Waals surface area (Å²) in [6.07, 6.45) is 2.07. The number of pyridine rings is 2. The number of para-hydroxylation sites is 3. The number of hydrogen-bond donors (Lipinski definition) is 0. The van der Waals surface area contributed by atoms with Gasteiger partial charge in [-0.2, -0.15) is 4.40 Å². The molecule has 0 aliphatic heterocycles. The Bertz CT molecular complexity index is 1370. The van der Waals surface area contributed by atoms with Gasteiger partial charge in [-0.05, 0) is 47.7 Å². The molecular formula is C24H24N3+. The molecule has 3 aromatic heterocycles. The molecule has 0 amide bonds. The Balaban J connectivity index is 2.19. The predicted octanol–water partition coefficient (Wildman–Crippen LogP) is 5.22. The van der Waals surface area contributed by atoms with E-state index in [2.05, 4.69) is 98.4 Å². The van der Waals surface area contributed by atoms with Gasteiger partial charge in [-0.1, -0.05) is 45.0 Å². The Labute approximate surface area is 158 Å². The predicted molar refractivity (Wildman–Crippen MR) is 112 cm³/mol. The number of benzene rings is 2. The Kier molecular flexibility index (Phi) is 3.18. The van der Waals surface area contributed by atoms with Crippen LogP contribution in [-0.4, -0.2) is 9.38 Å². The van der Waals surface area contributed by atoms with Crippen molar-refractivity contribution in [2.45, 2.75) is 33.1 Å². The lowest BCUT2D eigenvalue weighted by molar-refractivity contribution is -0.617. The van der Waals surface area contributed by atoms with Crippen molar-refractivity contribution in [1.82, 2.24) is 9.38 Å². The topological polar surface area (TPSA) is 21.2 Å². The summed E-state index contributed by atoms with van der Waals surface area (Å²) in [5.41, 5.74) is 8.64. The summed E-state index contributed by atoms with van der Waals surface area (Å²) in [4.78, 5) is 4.97. The minimum atomic E-state index is 0.0541. The van der Waals surface area contributed by atoms with Crippen molar-refractivity contribution in [3.63, 3.8) is 0 Å². The summed E-state index contributed by atoms with van der Waals surface area (Å²) in [6.45, 7) is 9.03. The molecule has 3 heterocycles. The molecule has 0 N–H and O–H groups in total. The van der Waals surface area contributed by atoms with E-state index in [4.69, 9.17) is 4.98 Å². The van der Waals surface area contributed by atoms with Gasteiger partial charge < -0.3 is 0 Å². The Morgan fingerprint density at radius 3 is 2.33 bits per heavy atom. The maximum atomic E-state index is 4.97. The van der Waals surface area contributed by atoms with Crippen molar-refractivity contribution in [2.24, 2.45) is 7.05 Å². The first-order valence-corrected chi connectivity index (χ1v) is 9.49. The zero-order valence-corrected chi connectivity index (χ0v) is 16.5. The van der Waals surface area contributed by atoms with E-state index in [0.717, 1.165) is 5.52 Å². The molecule has 0 fully saturated rings. The van der Waals surface area contributed by atoms with Crippen LogP contribution in [-0.2, 0) is 12.5 Å². The van der Waals surface area contributed by atoms with Crippen LogP contribution in [0, 0.1) is 6.92 Å². The number of aryl methyl sites for hydroxylation is 2. The smallest absolute Gasteiger partial charge is 0.255 e. The van der Waals surface area contributed by atoms with Crippen molar-refractivity contribution in [3.05, 3.63) is 65.9 Å². The first-order valence-electron chi connectivity index (χ1n) is 9.49. The fourth-order valence-corrected chi connectivity index (χ4v) is 4.54. The number of imidazole rings is 1. The van der Waals surface area contributed by atoms with E-state index in [1.807, 2.05) is 0 Å². The summed E-state index contributed by atoms with van der Waals surface area (Å²) < 4.78 is 4.71. The lowest BCUT2D eigenvalue weighted by Crippen LogP contribution is -2.28. The number of hydrogen-bond acceptors (Lipinski definition) is 1. The third-order valence-corrected chi connectivity index (χ3v) is 5.78. The first-order chi connectivity index (χ1) is 12.9. The third kappa shape index (κ3) is 2.08. The molecule has 0 aliphatic carbocycles. The minimum absolute atomic E-state index is 0.0541. The molecule has 5 rings (SSSR count). The van der Waals surface area contributed by atoms with Gasteiger partial charge >= 0.3 is 0 Å². The number of fused-ring (bicyclic) bond motifs is 8. The zero-order valence-electron chi connectivity index (χ0n) is 16.5. The Morgan fingerprint density at radius 2 is 1.59 bits per heavy atom. The fourth-order valence-electron chi connectivity index (χ4n) is 4.54. The van der Waals surface area contributed by atoms with Gasteiger partial charge in [0.15, 0.2) is 11.0 Å². The van der Waals surface area contributed by atoms with Crippen molar-refractivity contribution >= 4 is 38.5 Å². The van der Waals surface area contributed by atoms with E-state index in [1.165, 1.54) is 44.1 Å². The molecule has 0 radical (unpaired) electrons. The van der Waals surface area contributed by atoms with Gasteiger partial charge in [-0.15, -0.1) is 0 Å². The van der Waals surface area contributed by atoms with Gasteiger partial charge in [0.05, 0.1) is 18.0 Å². The molecule has 0 bridgehead atoms. The van der Waals surface area contributed by atoms with Crippen molar-refractivity contribution in [2.75, 3.05) is 0 Å². The van der Waals surface area contributed by atoms with E-state index < -0.39 is 0 Å². The van der Waals surface area contributed by atoms with E-state index in [1.54, 1.807) is 0 Å². The van der Waals surface area contributed by atoms with Gasteiger partial charge in [-0.25, -0.2) is 4.57 Å². The van der Waals surface area contributed by atoms with Gasteiger partial charge in [0.1, 0.15) is 5.52 Å². The van der Waals surface area contributed by atoms with E-state index >= 15 is 0 Å². The van der Waals surface area contributed by atoms with E-state index in [-0.39, 0.29) is 5.41 Å². The van der Waals surface area contributed by atoms with Gasteiger partial charge in [0.2, 0.25) is 0 Å². The van der Waals surface area contributed by atoms with Crippen LogP contribution < -0.4 is 4.57 Å². The largest absolute Gasteiger partial charge is 0.297 e. The molecule has 3 nitrogen and oxygen atoms in total. The van der Waals surface area contributed by atoms with Crippen LogP contribution in [0.1, 0.15) is 31.9 Å². The quantitative estimate of drug-likeness (QED) is 0.276. The maximum absolute atomic E-state index is 4.97. The maximum Gasteiger partial charge on any atom is 0.297 e. The summed E-state index contributed by atoms with van der Waals surface area (Å²) in [7, 11) is 2.16. The molecule has 0 saturated heterocycles. The SMILES string of the molecule is Cc1c(C(C)(C)C)cnc2c3ccccc3n3c4ccccc4[n+](C)c3c12. The Hall–Kier alpha value is -2.94. The van der Waals surface area contributed by atoms with E-state index in [9.17, 15) is 0 Å². The summed E-state index contributed by atoms with van der Waals surface area (Å²) in [6, 6.07) is 17.2.